The topological polar surface area (TPSA) is 0 Å². The van der Waals surface area contributed by atoms with Crippen molar-refractivity contribution < 1.29 is 43.9 Å². The predicted molar refractivity (Wildman–Crippen MR) is 161 cm³/mol. The molecule has 0 heterocycles. The van der Waals surface area contributed by atoms with Gasteiger partial charge in [0.2, 0.25) is 0 Å². The molecule has 4 aromatic rings. The van der Waals surface area contributed by atoms with Crippen molar-refractivity contribution in [1.82, 2.24) is 0 Å². The van der Waals surface area contributed by atoms with E-state index < -0.39 is 95.7 Å². The molecule has 0 fully saturated rings. The van der Waals surface area contributed by atoms with Gasteiger partial charge in [-0.15, -0.1) is 10.9 Å². The van der Waals surface area contributed by atoms with Gasteiger partial charge in [-0.1, -0.05) is 42.3 Å². The molecule has 0 amide bonds. The Morgan fingerprint density at radius 3 is 0.978 bits per heavy atom. The van der Waals surface area contributed by atoms with Crippen molar-refractivity contribution in [1.29, 1.82) is 0 Å². The van der Waals surface area contributed by atoms with Gasteiger partial charge >= 0.3 is 0 Å². The molecule has 4 rings (SSSR count). The standard InChI is InChI=1S/C33H29BF10P/c1-13-8-15(3)32(16(4)9-13)45(33-17(5)10-14(2)11-18(33)6)19(7)12-34(20-22(35)26(39)30(43)27(40)23(20)36)21-24(37)28(41)31(44)29(42)25(21)38/h8-11,19,34H,12H2,1-7H3/q-1. The summed E-state index contributed by atoms with van der Waals surface area (Å²) in [7, 11) is -1.61. The Morgan fingerprint density at radius 1 is 0.467 bits per heavy atom. The third-order valence-electron chi connectivity index (χ3n) is 8.35. The van der Waals surface area contributed by atoms with Crippen LogP contribution in [0, 0.1) is 99.7 Å². The molecule has 0 N–H and O–H groups in total. The summed E-state index contributed by atoms with van der Waals surface area (Å²) < 4.78 is 147. The lowest BCUT2D eigenvalue weighted by molar-refractivity contribution is 0.382. The maximum Gasteiger partial charge on any atom is 0.200 e. The Hall–Kier alpha value is -3.33. The summed E-state index contributed by atoms with van der Waals surface area (Å²) in [6.07, 6.45) is -0.665. The molecule has 1 unspecified atom stereocenters. The second-order valence-electron chi connectivity index (χ2n) is 11.8. The first-order valence-corrected chi connectivity index (χ1v) is 15.5. The Balaban J connectivity index is 2.09. The smallest absolute Gasteiger partial charge is 0.200 e. The highest BCUT2D eigenvalue weighted by Gasteiger charge is 2.35. The molecule has 0 nitrogen and oxygen atoms in total. The maximum atomic E-state index is 15.3. The average Bonchev–Trinajstić information content (AvgIpc) is 2.95. The van der Waals surface area contributed by atoms with Crippen molar-refractivity contribution in [2.24, 2.45) is 0 Å². The predicted octanol–water partition coefficient (Wildman–Crippen LogP) is 7.79. The normalized spacial score (nSPS) is 12.5. The number of aryl methyl sites for hydroxylation is 6. The number of halogens is 10. The maximum absolute atomic E-state index is 15.3. The molecule has 4 aromatic carbocycles. The monoisotopic (exact) mass is 657 g/mol. The van der Waals surface area contributed by atoms with E-state index >= 15 is 17.6 Å². The van der Waals surface area contributed by atoms with Gasteiger partial charge in [0.05, 0.1) is 6.71 Å². The zero-order valence-corrected chi connectivity index (χ0v) is 26.4. The summed E-state index contributed by atoms with van der Waals surface area (Å²) in [6.45, 7) is 9.04. The van der Waals surface area contributed by atoms with Crippen LogP contribution in [0.2, 0.25) is 6.32 Å². The van der Waals surface area contributed by atoms with Gasteiger partial charge in [-0.2, -0.15) is 6.32 Å². The zero-order chi connectivity index (χ0) is 33.8. The van der Waals surface area contributed by atoms with Crippen LogP contribution in [0.15, 0.2) is 24.3 Å². The summed E-state index contributed by atoms with van der Waals surface area (Å²) in [4.78, 5) is 0. The molecular formula is C33H29BF10P-. The van der Waals surface area contributed by atoms with Crippen molar-refractivity contribution in [3.8, 4) is 0 Å². The largest absolute Gasteiger partial charge is 0.207 e. The van der Waals surface area contributed by atoms with Crippen LogP contribution in [0.3, 0.4) is 0 Å². The molecule has 240 valence electrons. The van der Waals surface area contributed by atoms with Crippen LogP contribution in [0.5, 0.6) is 0 Å². The molecule has 12 heteroatoms. The lowest BCUT2D eigenvalue weighted by atomic mass is 9.37. The second-order valence-corrected chi connectivity index (χ2v) is 14.3. The Bertz CT molecular complexity index is 1610. The fraction of sp³-hybridized carbons (Fsp3) is 0.273. The third-order valence-corrected chi connectivity index (χ3v) is 11.9. The van der Waals surface area contributed by atoms with Crippen LogP contribution in [0.25, 0.3) is 0 Å². The highest BCUT2D eigenvalue weighted by molar-refractivity contribution is 7.74. The first kappa shape index (κ1) is 34.5. The fourth-order valence-electron chi connectivity index (χ4n) is 6.72. The van der Waals surface area contributed by atoms with Gasteiger partial charge in [0, 0.05) is 0 Å². The van der Waals surface area contributed by atoms with Crippen LogP contribution in [0.4, 0.5) is 43.9 Å². The highest BCUT2D eigenvalue weighted by Crippen LogP contribution is 2.46. The molecule has 0 aliphatic heterocycles. The lowest BCUT2D eigenvalue weighted by Crippen LogP contribution is -2.52. The first-order chi connectivity index (χ1) is 20.9. The van der Waals surface area contributed by atoms with Crippen LogP contribution >= 0.6 is 7.92 Å². The van der Waals surface area contributed by atoms with Crippen molar-refractivity contribution in [3.05, 3.63) is 116 Å². The minimum Gasteiger partial charge on any atom is -0.207 e. The number of hydrogen-bond acceptors (Lipinski definition) is 0. The SMILES string of the molecule is Cc1cc(C)c(P(c2c(C)cc(C)cc2C)C(C)C[BH-](c2c(F)c(F)c(F)c(F)c2F)c2c(F)c(F)c(F)c(F)c2F)c(C)c1. The zero-order valence-electron chi connectivity index (χ0n) is 25.5. The van der Waals surface area contributed by atoms with E-state index in [0.717, 1.165) is 44.0 Å². The molecule has 0 saturated heterocycles. The van der Waals surface area contributed by atoms with Gasteiger partial charge in [-0.25, -0.2) is 43.9 Å². The quantitative estimate of drug-likeness (QED) is 0.0627. The molecule has 0 saturated carbocycles. The minimum absolute atomic E-state index is 0.665. The number of benzene rings is 4. The average molecular weight is 657 g/mol. The van der Waals surface area contributed by atoms with Crippen molar-refractivity contribution >= 4 is 36.2 Å². The Kier molecular flexibility index (Phi) is 9.84. The van der Waals surface area contributed by atoms with E-state index in [2.05, 4.69) is 0 Å². The molecule has 0 aromatic heterocycles. The molecule has 0 spiro atoms. The Labute approximate surface area is 256 Å². The van der Waals surface area contributed by atoms with Crippen molar-refractivity contribution in [2.45, 2.75) is 60.4 Å². The Morgan fingerprint density at radius 2 is 0.711 bits per heavy atom. The van der Waals surface area contributed by atoms with Gasteiger partial charge in [0.25, 0.3) is 0 Å². The third kappa shape index (κ3) is 6.00. The summed E-state index contributed by atoms with van der Waals surface area (Å²) in [5.74, 6) is -24.2. The van der Waals surface area contributed by atoms with Gasteiger partial charge in [0.1, 0.15) is 23.3 Å². The minimum atomic E-state index is -3.67. The van der Waals surface area contributed by atoms with E-state index in [0.29, 0.717) is 0 Å². The number of rotatable bonds is 7. The van der Waals surface area contributed by atoms with Gasteiger partial charge < -0.3 is 0 Å². The lowest BCUT2D eigenvalue weighted by Gasteiger charge is -2.37. The van der Waals surface area contributed by atoms with Crippen LogP contribution in [0.1, 0.15) is 40.3 Å². The second kappa shape index (κ2) is 12.8. The van der Waals surface area contributed by atoms with Gasteiger partial charge in [-0.3, -0.25) is 0 Å². The van der Waals surface area contributed by atoms with E-state index in [1.54, 1.807) is 6.92 Å². The first-order valence-electron chi connectivity index (χ1n) is 14.1. The van der Waals surface area contributed by atoms with E-state index in [1.165, 1.54) is 0 Å². The summed E-state index contributed by atoms with van der Waals surface area (Å²) in [6, 6.07) is 7.62. The van der Waals surface area contributed by atoms with Crippen molar-refractivity contribution in [3.63, 3.8) is 0 Å². The van der Waals surface area contributed by atoms with E-state index in [4.69, 9.17) is 0 Å². The highest BCUT2D eigenvalue weighted by atomic mass is 31.1. The van der Waals surface area contributed by atoms with Crippen LogP contribution in [-0.2, 0) is 0 Å². The van der Waals surface area contributed by atoms with Gasteiger partial charge in [0.15, 0.2) is 34.9 Å². The molecule has 0 bridgehead atoms. The molecule has 0 aliphatic carbocycles. The van der Waals surface area contributed by atoms with E-state index in [1.807, 2.05) is 65.8 Å². The van der Waals surface area contributed by atoms with E-state index in [-0.39, 0.29) is 0 Å². The summed E-state index contributed by atoms with van der Waals surface area (Å²) in [5, 5.41) is 1.62. The summed E-state index contributed by atoms with van der Waals surface area (Å²) in [5.41, 5.74) is 1.11. The molecule has 0 radical (unpaired) electrons. The summed E-state index contributed by atoms with van der Waals surface area (Å²) >= 11 is 0. The van der Waals surface area contributed by atoms with Gasteiger partial charge in [-0.05, 0) is 88.0 Å². The number of hydrogen-bond donors (Lipinski definition) is 0. The molecule has 45 heavy (non-hydrogen) atoms. The molecule has 1 atom stereocenters. The van der Waals surface area contributed by atoms with Crippen LogP contribution < -0.4 is 21.5 Å². The molecular weight excluding hydrogens is 628 g/mol. The van der Waals surface area contributed by atoms with Crippen LogP contribution in [-0.4, -0.2) is 12.4 Å². The molecule has 0 aliphatic rings. The van der Waals surface area contributed by atoms with E-state index in [9.17, 15) is 26.3 Å². The van der Waals surface area contributed by atoms with Crippen molar-refractivity contribution in [2.75, 3.05) is 0 Å². The fourth-order valence-corrected chi connectivity index (χ4v) is 10.1.